The normalized spacial score (nSPS) is 15.3. The molecule has 0 saturated carbocycles. The van der Waals surface area contributed by atoms with Crippen LogP contribution in [-0.4, -0.2) is 49.8 Å². The summed E-state index contributed by atoms with van der Waals surface area (Å²) in [5.41, 5.74) is 3.16. The molecule has 9 nitrogen and oxygen atoms in total. The molecule has 168 valence electrons. The topological polar surface area (TPSA) is 118 Å². The molecule has 3 N–H and O–H groups in total. The summed E-state index contributed by atoms with van der Waals surface area (Å²) in [6, 6.07) is 13.7. The van der Waals surface area contributed by atoms with E-state index in [9.17, 15) is 14.4 Å². The third kappa shape index (κ3) is 7.07. The SMILES string of the molecule is O=C(COc1ccccc1/C=N\NC(=O)C(=O)NC[C@@H]1CCCO1)Nc1ccccc1Cl. The van der Waals surface area contributed by atoms with Gasteiger partial charge >= 0.3 is 11.8 Å². The smallest absolute Gasteiger partial charge is 0.329 e. The van der Waals surface area contributed by atoms with Crippen LogP contribution in [0.15, 0.2) is 53.6 Å². The Labute approximate surface area is 190 Å². The third-order valence-electron chi connectivity index (χ3n) is 4.52. The fourth-order valence-electron chi connectivity index (χ4n) is 2.91. The molecule has 10 heteroatoms. The molecular formula is C22H23ClN4O5. The van der Waals surface area contributed by atoms with E-state index < -0.39 is 11.8 Å². The molecule has 3 rings (SSSR count). The molecule has 0 aliphatic carbocycles. The second kappa shape index (κ2) is 11.8. The molecule has 0 unspecified atom stereocenters. The molecule has 1 saturated heterocycles. The zero-order valence-electron chi connectivity index (χ0n) is 17.2. The van der Waals surface area contributed by atoms with Crippen molar-refractivity contribution in [3.63, 3.8) is 0 Å². The first-order valence-corrected chi connectivity index (χ1v) is 10.4. The molecule has 0 radical (unpaired) electrons. The van der Waals surface area contributed by atoms with Gasteiger partial charge < -0.3 is 20.1 Å². The Morgan fingerprint density at radius 2 is 1.91 bits per heavy atom. The highest BCUT2D eigenvalue weighted by atomic mass is 35.5. The zero-order chi connectivity index (χ0) is 22.8. The number of nitrogens with one attached hydrogen (secondary N) is 3. The molecule has 0 bridgehead atoms. The van der Waals surface area contributed by atoms with Gasteiger partial charge in [-0.25, -0.2) is 5.43 Å². The van der Waals surface area contributed by atoms with E-state index in [-0.39, 0.29) is 25.2 Å². The van der Waals surface area contributed by atoms with Crippen LogP contribution in [0.5, 0.6) is 5.75 Å². The summed E-state index contributed by atoms with van der Waals surface area (Å²) >= 11 is 6.03. The number of rotatable bonds is 8. The quantitative estimate of drug-likeness (QED) is 0.318. The summed E-state index contributed by atoms with van der Waals surface area (Å²) in [5, 5.41) is 9.39. The average Bonchev–Trinajstić information content (AvgIpc) is 3.32. The van der Waals surface area contributed by atoms with Gasteiger partial charge in [0.1, 0.15) is 5.75 Å². The Morgan fingerprint density at radius 1 is 1.12 bits per heavy atom. The van der Waals surface area contributed by atoms with Crippen LogP contribution in [0, 0.1) is 0 Å². The first-order chi connectivity index (χ1) is 15.5. The monoisotopic (exact) mass is 458 g/mol. The largest absolute Gasteiger partial charge is 0.483 e. The summed E-state index contributed by atoms with van der Waals surface area (Å²) in [6.07, 6.45) is 3.06. The predicted molar refractivity (Wildman–Crippen MR) is 120 cm³/mol. The van der Waals surface area contributed by atoms with E-state index >= 15 is 0 Å². The van der Waals surface area contributed by atoms with Gasteiger partial charge in [0.15, 0.2) is 6.61 Å². The van der Waals surface area contributed by atoms with Gasteiger partial charge in [0.2, 0.25) is 0 Å². The maximum atomic E-state index is 12.1. The minimum absolute atomic E-state index is 0.0607. The number of hydrogen-bond acceptors (Lipinski definition) is 6. The maximum absolute atomic E-state index is 12.1. The highest BCUT2D eigenvalue weighted by Crippen LogP contribution is 2.20. The van der Waals surface area contributed by atoms with Crippen LogP contribution in [0.3, 0.4) is 0 Å². The lowest BCUT2D eigenvalue weighted by Crippen LogP contribution is -2.41. The molecule has 2 aromatic rings. The van der Waals surface area contributed by atoms with Gasteiger partial charge in [-0.15, -0.1) is 0 Å². The Hall–Kier alpha value is -3.43. The van der Waals surface area contributed by atoms with E-state index in [0.29, 0.717) is 28.6 Å². The molecule has 1 aliphatic rings. The Bertz CT molecular complexity index is 992. The van der Waals surface area contributed by atoms with Crippen LogP contribution < -0.4 is 20.8 Å². The van der Waals surface area contributed by atoms with Crippen LogP contribution in [0.2, 0.25) is 5.02 Å². The highest BCUT2D eigenvalue weighted by Gasteiger charge is 2.19. The number of para-hydroxylation sites is 2. The van der Waals surface area contributed by atoms with E-state index in [4.69, 9.17) is 21.1 Å². The van der Waals surface area contributed by atoms with Gasteiger partial charge in [-0.3, -0.25) is 14.4 Å². The number of nitrogens with zero attached hydrogens (tertiary/aromatic N) is 1. The molecule has 0 spiro atoms. The number of anilines is 1. The van der Waals surface area contributed by atoms with Crippen molar-refractivity contribution in [1.29, 1.82) is 0 Å². The number of benzene rings is 2. The van der Waals surface area contributed by atoms with Gasteiger partial charge in [0, 0.05) is 18.7 Å². The highest BCUT2D eigenvalue weighted by molar-refractivity contribution is 6.35. The minimum Gasteiger partial charge on any atom is -0.483 e. The molecule has 1 aliphatic heterocycles. The predicted octanol–water partition coefficient (Wildman–Crippen LogP) is 2.10. The van der Waals surface area contributed by atoms with Crippen LogP contribution >= 0.6 is 11.6 Å². The van der Waals surface area contributed by atoms with Crippen molar-refractivity contribution in [3.8, 4) is 5.75 Å². The standard InChI is InChI=1S/C22H23ClN4O5/c23-17-8-2-3-9-18(17)26-20(28)14-32-19-10-4-1-6-15(19)12-25-27-22(30)21(29)24-13-16-7-5-11-31-16/h1-4,6,8-10,12,16H,5,7,11,13-14H2,(H,24,29)(H,26,28)(H,27,30)/b25-12-/t16-/m0/s1. The second-order valence-corrected chi connectivity index (χ2v) is 7.31. The van der Waals surface area contributed by atoms with E-state index in [0.717, 1.165) is 12.8 Å². The van der Waals surface area contributed by atoms with Crippen molar-refractivity contribution in [2.75, 3.05) is 25.1 Å². The first kappa shape index (κ1) is 23.2. The van der Waals surface area contributed by atoms with Crippen LogP contribution in [-0.2, 0) is 19.1 Å². The lowest BCUT2D eigenvalue weighted by molar-refractivity contribution is -0.139. The fourth-order valence-corrected chi connectivity index (χ4v) is 3.10. The van der Waals surface area contributed by atoms with Crippen molar-refractivity contribution in [2.45, 2.75) is 18.9 Å². The lowest BCUT2D eigenvalue weighted by Gasteiger charge is -2.10. The van der Waals surface area contributed by atoms with Crippen LogP contribution in [0.4, 0.5) is 5.69 Å². The van der Waals surface area contributed by atoms with E-state index in [1.54, 1.807) is 48.5 Å². The maximum Gasteiger partial charge on any atom is 0.329 e. The number of ether oxygens (including phenoxy) is 2. The molecular weight excluding hydrogens is 436 g/mol. The summed E-state index contributed by atoms with van der Waals surface area (Å²) in [7, 11) is 0. The number of hydrogen-bond donors (Lipinski definition) is 3. The van der Waals surface area contributed by atoms with E-state index in [2.05, 4.69) is 21.2 Å². The number of amides is 3. The first-order valence-electron chi connectivity index (χ1n) is 10.0. The molecule has 3 amide bonds. The minimum atomic E-state index is -0.892. The average molecular weight is 459 g/mol. The number of hydrazone groups is 1. The summed E-state index contributed by atoms with van der Waals surface area (Å²) in [6.45, 7) is 0.692. The lowest BCUT2D eigenvalue weighted by atomic mass is 10.2. The summed E-state index contributed by atoms with van der Waals surface area (Å²) in [5.74, 6) is -1.70. The third-order valence-corrected chi connectivity index (χ3v) is 4.85. The van der Waals surface area contributed by atoms with Crippen molar-refractivity contribution in [1.82, 2.24) is 10.7 Å². The van der Waals surface area contributed by atoms with Gasteiger partial charge in [0.25, 0.3) is 5.91 Å². The van der Waals surface area contributed by atoms with Gasteiger partial charge in [-0.05, 0) is 37.1 Å². The second-order valence-electron chi connectivity index (χ2n) is 6.90. The summed E-state index contributed by atoms with van der Waals surface area (Å²) < 4.78 is 10.9. The molecule has 0 aromatic heterocycles. The van der Waals surface area contributed by atoms with Crippen molar-refractivity contribution in [2.24, 2.45) is 5.10 Å². The zero-order valence-corrected chi connectivity index (χ0v) is 17.9. The van der Waals surface area contributed by atoms with E-state index in [1.165, 1.54) is 6.21 Å². The van der Waals surface area contributed by atoms with Crippen molar-refractivity contribution >= 4 is 41.2 Å². The van der Waals surface area contributed by atoms with Gasteiger partial charge in [-0.1, -0.05) is 35.9 Å². The molecule has 1 heterocycles. The molecule has 1 atom stereocenters. The number of carbonyl (C=O) groups excluding carboxylic acids is 3. The van der Waals surface area contributed by atoms with Crippen molar-refractivity contribution in [3.05, 3.63) is 59.1 Å². The summed E-state index contributed by atoms with van der Waals surface area (Å²) in [4.78, 5) is 35.8. The van der Waals surface area contributed by atoms with Gasteiger partial charge in [-0.2, -0.15) is 5.10 Å². The van der Waals surface area contributed by atoms with Crippen LogP contribution in [0.1, 0.15) is 18.4 Å². The Kier molecular flexibility index (Phi) is 8.59. The molecule has 2 aromatic carbocycles. The van der Waals surface area contributed by atoms with Gasteiger partial charge in [0.05, 0.1) is 23.0 Å². The fraction of sp³-hybridized carbons (Fsp3) is 0.273. The Morgan fingerprint density at radius 3 is 2.69 bits per heavy atom. The molecule has 32 heavy (non-hydrogen) atoms. The Balaban J connectivity index is 1.48. The van der Waals surface area contributed by atoms with E-state index in [1.807, 2.05) is 0 Å². The number of carbonyl (C=O) groups is 3. The van der Waals surface area contributed by atoms with Crippen LogP contribution in [0.25, 0.3) is 0 Å². The number of halogens is 1. The molecule has 1 fully saturated rings. The van der Waals surface area contributed by atoms with Crippen molar-refractivity contribution < 1.29 is 23.9 Å².